The zero-order valence-electron chi connectivity index (χ0n) is 14.9. The average Bonchev–Trinajstić information content (AvgIpc) is 2.66. The van der Waals surface area contributed by atoms with E-state index in [0.29, 0.717) is 0 Å². The van der Waals surface area contributed by atoms with E-state index in [1.807, 2.05) is 0 Å². The molecule has 1 saturated heterocycles. The summed E-state index contributed by atoms with van der Waals surface area (Å²) < 4.78 is 50.3. The number of alkyl halides is 3. The molecule has 154 valence electrons. The molecule has 0 aliphatic carbocycles. The van der Waals surface area contributed by atoms with Crippen LogP contribution < -0.4 is 0 Å². The third kappa shape index (κ3) is 5.42. The Hall–Kier alpha value is -2.26. The highest BCUT2D eigenvalue weighted by Crippen LogP contribution is 2.36. The van der Waals surface area contributed by atoms with Crippen molar-refractivity contribution in [2.45, 2.75) is 10.4 Å². The number of halogens is 5. The van der Waals surface area contributed by atoms with Crippen LogP contribution >= 0.6 is 23.4 Å². The van der Waals surface area contributed by atoms with Crippen LogP contribution in [0.5, 0.6) is 0 Å². The van der Waals surface area contributed by atoms with Crippen LogP contribution in [-0.4, -0.2) is 53.3 Å². The second kappa shape index (κ2) is 8.62. The van der Waals surface area contributed by atoms with E-state index in [4.69, 9.17) is 11.6 Å². The van der Waals surface area contributed by atoms with Gasteiger partial charge in [-0.05, 0) is 54.2 Å². The highest BCUT2D eigenvalue weighted by Gasteiger charge is 2.30. The molecule has 0 atom stereocenters. The number of amides is 2. The molecule has 0 spiro atoms. The summed E-state index contributed by atoms with van der Waals surface area (Å²) in [5.74, 6) is -1.21. The number of rotatable bonds is 3. The average molecular weight is 447 g/mol. The minimum Gasteiger partial charge on any atom is -0.335 e. The Kier molecular flexibility index (Phi) is 6.38. The number of benzene rings is 2. The molecule has 0 radical (unpaired) electrons. The van der Waals surface area contributed by atoms with Gasteiger partial charge in [-0.2, -0.15) is 13.2 Å². The number of carbonyl (C=O) groups is 2. The number of hydrogen-bond donors (Lipinski definition) is 0. The van der Waals surface area contributed by atoms with E-state index in [9.17, 15) is 27.2 Å². The van der Waals surface area contributed by atoms with Crippen LogP contribution in [-0.2, 0) is 0 Å². The number of nitrogens with zero attached hydrogens (tertiary/aromatic N) is 2. The highest BCUT2D eigenvalue weighted by atomic mass is 35.5. The third-order valence-corrected chi connectivity index (χ3v) is 5.40. The summed E-state index contributed by atoms with van der Waals surface area (Å²) in [5.41, 5.74) is -3.93. The summed E-state index contributed by atoms with van der Waals surface area (Å²) in [6.45, 7) is 1.06. The second-order valence-corrected chi connectivity index (χ2v) is 7.83. The fourth-order valence-electron chi connectivity index (χ4n) is 2.93. The van der Waals surface area contributed by atoms with E-state index in [-0.39, 0.29) is 70.8 Å². The van der Waals surface area contributed by atoms with Crippen molar-refractivity contribution in [1.82, 2.24) is 9.80 Å². The summed E-state index contributed by atoms with van der Waals surface area (Å²) >= 11 is 5.69. The van der Waals surface area contributed by atoms with Gasteiger partial charge >= 0.3 is 5.51 Å². The molecule has 0 unspecified atom stereocenters. The van der Waals surface area contributed by atoms with Gasteiger partial charge in [0, 0.05) is 36.6 Å². The molecule has 0 bridgehead atoms. The molecule has 10 heteroatoms. The van der Waals surface area contributed by atoms with E-state index in [2.05, 4.69) is 0 Å². The quantitative estimate of drug-likeness (QED) is 0.507. The first kappa shape index (κ1) is 21.4. The Balaban J connectivity index is 1.60. The maximum absolute atomic E-state index is 13.1. The standard InChI is InChI=1S/C19H15ClF4N2O2S/c20-16-11-13(21)3-6-15(16)18(28)26-9-7-25(8-10-26)17(27)12-1-4-14(5-2-12)29-19(22,23)24/h1-6,11H,7-10H2. The molecule has 0 aromatic heterocycles. The maximum atomic E-state index is 13.1. The zero-order valence-corrected chi connectivity index (χ0v) is 16.5. The van der Waals surface area contributed by atoms with Crippen molar-refractivity contribution in [3.63, 3.8) is 0 Å². The van der Waals surface area contributed by atoms with Crippen LogP contribution in [0.15, 0.2) is 47.4 Å². The van der Waals surface area contributed by atoms with Gasteiger partial charge in [0.15, 0.2) is 0 Å². The van der Waals surface area contributed by atoms with Crippen molar-refractivity contribution in [3.05, 3.63) is 64.4 Å². The van der Waals surface area contributed by atoms with Crippen molar-refractivity contribution >= 4 is 35.2 Å². The van der Waals surface area contributed by atoms with Crippen molar-refractivity contribution in [3.8, 4) is 0 Å². The molecular formula is C19H15ClF4N2O2S. The topological polar surface area (TPSA) is 40.6 Å². The molecule has 2 amide bonds. The first-order chi connectivity index (χ1) is 13.6. The monoisotopic (exact) mass is 446 g/mol. The van der Waals surface area contributed by atoms with Gasteiger partial charge in [0.2, 0.25) is 0 Å². The van der Waals surface area contributed by atoms with Crippen LogP contribution in [0, 0.1) is 5.82 Å². The number of carbonyl (C=O) groups excluding carboxylic acids is 2. The second-order valence-electron chi connectivity index (χ2n) is 6.28. The van der Waals surface area contributed by atoms with Gasteiger partial charge in [-0.1, -0.05) is 11.6 Å². The van der Waals surface area contributed by atoms with E-state index >= 15 is 0 Å². The van der Waals surface area contributed by atoms with Crippen LogP contribution in [0.1, 0.15) is 20.7 Å². The number of piperazine rings is 1. The van der Waals surface area contributed by atoms with Crippen molar-refractivity contribution in [2.75, 3.05) is 26.2 Å². The molecule has 1 aliphatic rings. The van der Waals surface area contributed by atoms with Gasteiger partial charge in [0.1, 0.15) is 5.82 Å². The zero-order chi connectivity index (χ0) is 21.2. The fraction of sp³-hybridized carbons (Fsp3) is 0.263. The van der Waals surface area contributed by atoms with Crippen LogP contribution in [0.3, 0.4) is 0 Å². The largest absolute Gasteiger partial charge is 0.446 e. The smallest absolute Gasteiger partial charge is 0.335 e. The number of hydrogen-bond acceptors (Lipinski definition) is 3. The molecule has 3 rings (SSSR count). The molecule has 2 aromatic carbocycles. The molecule has 1 heterocycles. The van der Waals surface area contributed by atoms with Gasteiger partial charge in [0.05, 0.1) is 10.6 Å². The Morgan fingerprint density at radius 2 is 1.45 bits per heavy atom. The summed E-state index contributed by atoms with van der Waals surface area (Å²) in [4.78, 5) is 28.2. The molecule has 29 heavy (non-hydrogen) atoms. The molecule has 0 N–H and O–H groups in total. The lowest BCUT2D eigenvalue weighted by atomic mass is 10.1. The summed E-state index contributed by atoms with van der Waals surface area (Å²) in [7, 11) is 0. The molecule has 1 aliphatic heterocycles. The van der Waals surface area contributed by atoms with Crippen LogP contribution in [0.2, 0.25) is 5.02 Å². The van der Waals surface area contributed by atoms with Crippen molar-refractivity contribution in [2.24, 2.45) is 0 Å². The van der Waals surface area contributed by atoms with E-state index < -0.39 is 11.3 Å². The lowest BCUT2D eigenvalue weighted by Crippen LogP contribution is -2.50. The van der Waals surface area contributed by atoms with Crippen molar-refractivity contribution < 1.29 is 27.2 Å². The van der Waals surface area contributed by atoms with Gasteiger partial charge in [-0.15, -0.1) is 0 Å². The predicted molar refractivity (Wildman–Crippen MR) is 102 cm³/mol. The van der Waals surface area contributed by atoms with Crippen molar-refractivity contribution in [1.29, 1.82) is 0 Å². The molecular weight excluding hydrogens is 432 g/mol. The summed E-state index contributed by atoms with van der Waals surface area (Å²) in [6.07, 6.45) is 0. The van der Waals surface area contributed by atoms with E-state index in [0.717, 1.165) is 12.1 Å². The Labute approximate surface area is 173 Å². The van der Waals surface area contributed by atoms with Gasteiger partial charge in [-0.25, -0.2) is 4.39 Å². The molecule has 4 nitrogen and oxygen atoms in total. The Morgan fingerprint density at radius 1 is 0.897 bits per heavy atom. The van der Waals surface area contributed by atoms with E-state index in [1.165, 1.54) is 40.1 Å². The SMILES string of the molecule is O=C(c1ccc(SC(F)(F)F)cc1)N1CCN(C(=O)c2ccc(F)cc2Cl)CC1. The van der Waals surface area contributed by atoms with Gasteiger partial charge < -0.3 is 9.80 Å². The highest BCUT2D eigenvalue weighted by molar-refractivity contribution is 8.00. The van der Waals surface area contributed by atoms with Crippen LogP contribution in [0.4, 0.5) is 17.6 Å². The first-order valence-electron chi connectivity index (χ1n) is 8.53. The first-order valence-corrected chi connectivity index (χ1v) is 9.73. The molecule has 1 fully saturated rings. The van der Waals surface area contributed by atoms with E-state index in [1.54, 1.807) is 0 Å². The molecule has 2 aromatic rings. The fourth-order valence-corrected chi connectivity index (χ4v) is 3.72. The predicted octanol–water partition coefficient (Wildman–Crippen LogP) is 4.69. The lowest BCUT2D eigenvalue weighted by molar-refractivity contribution is -0.0328. The lowest BCUT2D eigenvalue weighted by Gasteiger charge is -2.35. The minimum atomic E-state index is -4.39. The van der Waals surface area contributed by atoms with Gasteiger partial charge in [-0.3, -0.25) is 9.59 Å². The Bertz CT molecular complexity index is 913. The third-order valence-electron chi connectivity index (χ3n) is 4.35. The van der Waals surface area contributed by atoms with Gasteiger partial charge in [0.25, 0.3) is 11.8 Å². The van der Waals surface area contributed by atoms with Crippen LogP contribution in [0.25, 0.3) is 0 Å². The molecule has 0 saturated carbocycles. The normalized spacial score (nSPS) is 14.8. The summed E-state index contributed by atoms with van der Waals surface area (Å²) in [5, 5.41) is 0.0188. The minimum absolute atomic E-state index is 0.000595. The number of thioether (sulfide) groups is 1. The maximum Gasteiger partial charge on any atom is 0.446 e. The Morgan fingerprint density at radius 3 is 1.97 bits per heavy atom. The summed E-state index contributed by atoms with van der Waals surface area (Å²) in [6, 6.07) is 8.74.